The second-order valence-electron chi connectivity index (χ2n) is 7.92. The van der Waals surface area contributed by atoms with Crippen molar-refractivity contribution in [1.29, 1.82) is 0 Å². The van der Waals surface area contributed by atoms with Crippen molar-refractivity contribution in [2.75, 3.05) is 0 Å². The first-order chi connectivity index (χ1) is 11.4. The molecule has 3 nitrogen and oxygen atoms in total. The molecule has 1 aromatic rings. The second-order valence-corrected chi connectivity index (χ2v) is 7.92. The van der Waals surface area contributed by atoms with Gasteiger partial charge >= 0.3 is 0 Å². The molecule has 0 aliphatic heterocycles. The average Bonchev–Trinajstić information content (AvgIpc) is 2.67. The molecule has 3 heteroatoms. The van der Waals surface area contributed by atoms with Crippen LogP contribution in [-0.4, -0.2) is 22.6 Å². The molecule has 0 radical (unpaired) electrons. The van der Waals surface area contributed by atoms with E-state index in [1.54, 1.807) is 6.08 Å². The summed E-state index contributed by atoms with van der Waals surface area (Å²) in [5.41, 5.74) is -0.659. The predicted octanol–water partition coefficient (Wildman–Crippen LogP) is 3.90. The molecule has 1 unspecified atom stereocenters. The average molecular weight is 328 g/mol. The maximum Gasteiger partial charge on any atom is 0.169 e. The molecule has 2 aliphatic rings. The van der Waals surface area contributed by atoms with Gasteiger partial charge in [-0.05, 0) is 36.3 Å². The van der Waals surface area contributed by atoms with Crippen LogP contribution >= 0.6 is 0 Å². The number of hydrogen-bond acceptors (Lipinski definition) is 3. The molecule has 1 fully saturated rings. The smallest absolute Gasteiger partial charge is 0.169 e. The van der Waals surface area contributed by atoms with Crippen LogP contribution in [0.5, 0.6) is 0 Å². The van der Waals surface area contributed by atoms with Crippen LogP contribution in [-0.2, 0) is 16.1 Å². The number of ketones is 1. The van der Waals surface area contributed by atoms with Crippen molar-refractivity contribution in [3.05, 3.63) is 48.0 Å². The zero-order chi connectivity index (χ0) is 17.4. The van der Waals surface area contributed by atoms with E-state index in [0.29, 0.717) is 25.4 Å². The van der Waals surface area contributed by atoms with Gasteiger partial charge < -0.3 is 9.84 Å². The number of fused-ring (bicyclic) bond motifs is 1. The minimum Gasteiger partial charge on any atom is -0.377 e. The molecule has 3 rings (SSSR count). The Morgan fingerprint density at radius 1 is 1.29 bits per heavy atom. The summed E-state index contributed by atoms with van der Waals surface area (Å²) in [6, 6.07) is 10.1. The molecular weight excluding hydrogens is 300 g/mol. The molecule has 0 bridgehead atoms. The number of carbonyl (C=O) groups is 1. The van der Waals surface area contributed by atoms with Crippen LogP contribution in [0.25, 0.3) is 0 Å². The van der Waals surface area contributed by atoms with Gasteiger partial charge in [-0.1, -0.05) is 57.2 Å². The summed E-state index contributed by atoms with van der Waals surface area (Å²) in [5, 5.41) is 11.1. The summed E-state index contributed by atoms with van der Waals surface area (Å²) in [6.07, 6.45) is 5.60. The molecule has 0 saturated heterocycles. The Morgan fingerprint density at radius 3 is 2.67 bits per heavy atom. The Morgan fingerprint density at radius 2 is 2.00 bits per heavy atom. The predicted molar refractivity (Wildman–Crippen MR) is 94.4 cm³/mol. The number of carbonyl (C=O) groups excluding carboxylic acids is 1. The molecule has 24 heavy (non-hydrogen) atoms. The summed E-state index contributed by atoms with van der Waals surface area (Å²) in [5.74, 6) is 0.499. The lowest BCUT2D eigenvalue weighted by molar-refractivity contribution is -0.138. The molecule has 0 amide bonds. The largest absolute Gasteiger partial charge is 0.377 e. The summed E-state index contributed by atoms with van der Waals surface area (Å²) in [4.78, 5) is 12.5. The Kier molecular flexibility index (Phi) is 4.67. The summed E-state index contributed by atoms with van der Waals surface area (Å²) in [6.45, 7) is 6.91. The van der Waals surface area contributed by atoms with Gasteiger partial charge in [-0.25, -0.2) is 0 Å². The molecule has 1 aromatic carbocycles. The molecule has 1 saturated carbocycles. The van der Waals surface area contributed by atoms with E-state index in [0.717, 1.165) is 12.0 Å². The molecule has 0 aromatic heterocycles. The first kappa shape index (κ1) is 17.4. The van der Waals surface area contributed by atoms with E-state index in [2.05, 4.69) is 32.9 Å². The molecule has 0 spiro atoms. The summed E-state index contributed by atoms with van der Waals surface area (Å²) < 4.78 is 6.16. The van der Waals surface area contributed by atoms with Gasteiger partial charge in [-0.15, -0.1) is 0 Å². The normalized spacial score (nSPS) is 36.0. The topological polar surface area (TPSA) is 46.5 Å². The highest BCUT2D eigenvalue weighted by Crippen LogP contribution is 2.56. The third-order valence-corrected chi connectivity index (χ3v) is 6.06. The molecule has 2 aliphatic carbocycles. The summed E-state index contributed by atoms with van der Waals surface area (Å²) in [7, 11) is 0. The van der Waals surface area contributed by atoms with Gasteiger partial charge in [0.15, 0.2) is 5.78 Å². The quantitative estimate of drug-likeness (QED) is 0.853. The van der Waals surface area contributed by atoms with Crippen LogP contribution in [0, 0.1) is 17.3 Å². The minimum absolute atomic E-state index is 0.0210. The highest BCUT2D eigenvalue weighted by Gasteiger charge is 2.62. The Balaban J connectivity index is 1.80. The van der Waals surface area contributed by atoms with E-state index >= 15 is 0 Å². The number of hydrogen-bond donors (Lipinski definition) is 1. The van der Waals surface area contributed by atoms with Gasteiger partial charge in [0.05, 0.1) is 12.7 Å². The summed E-state index contributed by atoms with van der Waals surface area (Å²) >= 11 is 0. The van der Waals surface area contributed by atoms with Crippen molar-refractivity contribution in [2.24, 2.45) is 17.3 Å². The number of aliphatic hydroxyl groups is 1. The van der Waals surface area contributed by atoms with Crippen molar-refractivity contribution < 1.29 is 14.6 Å². The van der Waals surface area contributed by atoms with Gasteiger partial charge in [0, 0.05) is 11.8 Å². The van der Waals surface area contributed by atoms with E-state index in [-0.39, 0.29) is 17.8 Å². The SMILES string of the molecule is CC(C)[C@H]1CC(=O)C2(O)C=CC[C@H](OCc3ccccc3)C[C@]12C. The van der Waals surface area contributed by atoms with Crippen molar-refractivity contribution in [2.45, 2.75) is 58.3 Å². The highest BCUT2D eigenvalue weighted by molar-refractivity contribution is 5.93. The highest BCUT2D eigenvalue weighted by atomic mass is 16.5. The lowest BCUT2D eigenvalue weighted by atomic mass is 9.65. The zero-order valence-electron chi connectivity index (χ0n) is 14.9. The van der Waals surface area contributed by atoms with Crippen molar-refractivity contribution in [1.82, 2.24) is 0 Å². The maximum atomic E-state index is 12.5. The fourth-order valence-electron chi connectivity index (χ4n) is 4.61. The molecular formula is C21H28O3. The van der Waals surface area contributed by atoms with Crippen molar-refractivity contribution >= 4 is 5.78 Å². The first-order valence-corrected chi connectivity index (χ1v) is 8.96. The van der Waals surface area contributed by atoms with E-state index in [1.807, 2.05) is 24.3 Å². The first-order valence-electron chi connectivity index (χ1n) is 8.96. The van der Waals surface area contributed by atoms with E-state index < -0.39 is 11.0 Å². The number of ether oxygens (including phenoxy) is 1. The Hall–Kier alpha value is -1.45. The Labute approximate surface area is 144 Å². The third kappa shape index (κ3) is 2.84. The number of benzene rings is 1. The fraction of sp³-hybridized carbons (Fsp3) is 0.571. The molecule has 130 valence electrons. The van der Waals surface area contributed by atoms with Crippen LogP contribution in [0.2, 0.25) is 0 Å². The van der Waals surface area contributed by atoms with Crippen molar-refractivity contribution in [3.8, 4) is 0 Å². The zero-order valence-corrected chi connectivity index (χ0v) is 14.9. The molecule has 0 heterocycles. The Bertz CT molecular complexity index is 621. The minimum atomic E-state index is -1.34. The van der Waals surface area contributed by atoms with Gasteiger partial charge in [-0.3, -0.25) is 4.79 Å². The van der Waals surface area contributed by atoms with Crippen LogP contribution in [0.4, 0.5) is 0 Å². The second kappa shape index (κ2) is 6.45. The van der Waals surface area contributed by atoms with Crippen LogP contribution < -0.4 is 0 Å². The van der Waals surface area contributed by atoms with Gasteiger partial charge in [-0.2, -0.15) is 0 Å². The van der Waals surface area contributed by atoms with Gasteiger partial charge in [0.2, 0.25) is 0 Å². The fourth-order valence-corrected chi connectivity index (χ4v) is 4.61. The van der Waals surface area contributed by atoms with Crippen molar-refractivity contribution in [3.63, 3.8) is 0 Å². The number of rotatable bonds is 4. The van der Waals surface area contributed by atoms with Crippen LogP contribution in [0.1, 0.15) is 45.6 Å². The van der Waals surface area contributed by atoms with E-state index in [1.165, 1.54) is 0 Å². The van der Waals surface area contributed by atoms with Gasteiger partial charge in [0.1, 0.15) is 5.60 Å². The van der Waals surface area contributed by atoms with Gasteiger partial charge in [0.25, 0.3) is 0 Å². The van der Waals surface area contributed by atoms with E-state index in [4.69, 9.17) is 4.74 Å². The molecule has 1 N–H and O–H groups in total. The lowest BCUT2D eigenvalue weighted by Crippen LogP contribution is -2.49. The monoisotopic (exact) mass is 328 g/mol. The van der Waals surface area contributed by atoms with Crippen LogP contribution in [0.15, 0.2) is 42.5 Å². The number of Topliss-reactive ketones (excluding diaryl/α,β-unsaturated/α-hetero) is 1. The van der Waals surface area contributed by atoms with Crippen LogP contribution in [0.3, 0.4) is 0 Å². The van der Waals surface area contributed by atoms with E-state index in [9.17, 15) is 9.90 Å². The standard InChI is InChI=1S/C21H28O3/c1-15(2)18-12-19(22)21(23)11-7-10-17(13-20(18,21)3)24-14-16-8-5-4-6-9-16/h4-9,11,15,17-18,23H,10,12-14H2,1-3H3/t17-,18+,20+,21?/m0/s1. The molecule has 4 atom stereocenters. The lowest BCUT2D eigenvalue weighted by Gasteiger charge is -2.42. The maximum absolute atomic E-state index is 12.5. The third-order valence-electron chi connectivity index (χ3n) is 6.06.